The van der Waals surface area contributed by atoms with Crippen LogP contribution in [-0.2, 0) is 4.79 Å². The van der Waals surface area contributed by atoms with Crippen molar-refractivity contribution in [2.45, 2.75) is 19.9 Å². The normalized spacial score (nSPS) is 12.4. The van der Waals surface area contributed by atoms with Gasteiger partial charge < -0.3 is 14.8 Å². The van der Waals surface area contributed by atoms with E-state index in [0.29, 0.717) is 10.9 Å². The van der Waals surface area contributed by atoms with Crippen molar-refractivity contribution in [3.63, 3.8) is 0 Å². The van der Waals surface area contributed by atoms with Crippen molar-refractivity contribution in [1.29, 1.82) is 0 Å². The Labute approximate surface area is 116 Å². The lowest BCUT2D eigenvalue weighted by Crippen LogP contribution is -2.26. The third-order valence-electron chi connectivity index (χ3n) is 2.70. The van der Waals surface area contributed by atoms with E-state index in [1.54, 1.807) is 19.1 Å². The number of carbonyl (C=O) groups is 1. The molecule has 1 aromatic heterocycles. The lowest BCUT2D eigenvalue weighted by atomic mass is 10.1. The Kier molecular flexibility index (Phi) is 3.57. The molecule has 0 aliphatic carbocycles. The predicted molar refractivity (Wildman–Crippen MR) is 73.4 cm³/mol. The summed E-state index contributed by atoms with van der Waals surface area (Å²) in [6.45, 7) is 3.21. The van der Waals surface area contributed by atoms with Gasteiger partial charge in [-0.15, -0.1) is 0 Å². The highest BCUT2D eigenvalue weighted by Gasteiger charge is 2.15. The number of anilines is 1. The summed E-state index contributed by atoms with van der Waals surface area (Å²) in [5.41, 5.74) is 0.637. The van der Waals surface area contributed by atoms with Crippen LogP contribution in [0.25, 0.3) is 10.9 Å². The molecule has 0 unspecified atom stereocenters. The van der Waals surface area contributed by atoms with Gasteiger partial charge in [0.1, 0.15) is 6.04 Å². The Morgan fingerprint density at radius 3 is 2.84 bits per heavy atom. The van der Waals surface area contributed by atoms with Gasteiger partial charge >= 0.3 is 11.6 Å². The van der Waals surface area contributed by atoms with Gasteiger partial charge in [-0.1, -0.05) is 15.9 Å². The van der Waals surface area contributed by atoms with Gasteiger partial charge in [0.2, 0.25) is 0 Å². The number of halogens is 1. The zero-order valence-corrected chi connectivity index (χ0v) is 11.8. The third-order valence-corrected chi connectivity index (χ3v) is 3.56. The molecule has 0 aliphatic heterocycles. The van der Waals surface area contributed by atoms with E-state index in [1.165, 1.54) is 6.92 Å². The molecule has 0 aliphatic rings. The minimum absolute atomic E-state index is 0.103. The number of fused-ring (bicyclic) bond motifs is 1. The highest BCUT2D eigenvalue weighted by atomic mass is 79.9. The molecule has 0 fully saturated rings. The van der Waals surface area contributed by atoms with Gasteiger partial charge in [-0.2, -0.15) is 4.98 Å². The lowest BCUT2D eigenvalue weighted by molar-refractivity contribution is -0.137. The van der Waals surface area contributed by atoms with Crippen LogP contribution in [0.5, 0.6) is 0 Å². The lowest BCUT2D eigenvalue weighted by Gasteiger charge is -2.09. The Bertz CT molecular complexity index is 711. The largest absolute Gasteiger partial charge is 0.480 e. The Hall–Kier alpha value is -1.89. The second-order valence-electron chi connectivity index (χ2n) is 4.08. The van der Waals surface area contributed by atoms with Gasteiger partial charge in [-0.05, 0) is 31.5 Å². The number of hydrogen-bond acceptors (Lipinski definition) is 5. The van der Waals surface area contributed by atoms with E-state index < -0.39 is 17.6 Å². The van der Waals surface area contributed by atoms with E-state index in [1.807, 2.05) is 0 Å². The van der Waals surface area contributed by atoms with Crippen LogP contribution in [0.15, 0.2) is 25.8 Å². The van der Waals surface area contributed by atoms with Crippen molar-refractivity contribution in [2.24, 2.45) is 0 Å². The number of aryl methyl sites for hydroxylation is 1. The Balaban J connectivity index is 2.55. The molecule has 1 aromatic carbocycles. The zero-order valence-electron chi connectivity index (χ0n) is 10.2. The van der Waals surface area contributed by atoms with Crippen LogP contribution in [0.4, 0.5) is 6.01 Å². The monoisotopic (exact) mass is 326 g/mol. The third kappa shape index (κ3) is 2.60. The second-order valence-corrected chi connectivity index (χ2v) is 4.93. The first kappa shape index (κ1) is 13.5. The molecule has 0 saturated heterocycles. The van der Waals surface area contributed by atoms with E-state index in [-0.39, 0.29) is 6.01 Å². The van der Waals surface area contributed by atoms with Crippen LogP contribution in [0.1, 0.15) is 12.5 Å². The quantitative estimate of drug-likeness (QED) is 0.897. The number of aromatic nitrogens is 1. The molecule has 1 heterocycles. The van der Waals surface area contributed by atoms with Gasteiger partial charge in [0.25, 0.3) is 6.01 Å². The molecule has 7 heteroatoms. The fourth-order valence-corrected chi connectivity index (χ4v) is 1.93. The van der Waals surface area contributed by atoms with Gasteiger partial charge in [0, 0.05) is 4.47 Å². The van der Waals surface area contributed by atoms with E-state index >= 15 is 0 Å². The SMILES string of the molecule is Cc1c(Br)ccc2nc(N[C@H](C)C(=O)O)oc(=O)c12. The molecular weight excluding hydrogens is 316 g/mol. The maximum Gasteiger partial charge on any atom is 0.348 e. The van der Waals surface area contributed by atoms with Crippen LogP contribution >= 0.6 is 15.9 Å². The number of carboxylic acid groups (broad SMARTS) is 1. The minimum Gasteiger partial charge on any atom is -0.480 e. The van der Waals surface area contributed by atoms with Crippen LogP contribution in [-0.4, -0.2) is 22.1 Å². The molecule has 19 heavy (non-hydrogen) atoms. The van der Waals surface area contributed by atoms with Crippen LogP contribution in [0, 0.1) is 6.92 Å². The van der Waals surface area contributed by atoms with Crippen molar-refractivity contribution in [1.82, 2.24) is 4.98 Å². The second kappa shape index (κ2) is 5.00. The van der Waals surface area contributed by atoms with Crippen molar-refractivity contribution in [3.8, 4) is 0 Å². The molecule has 100 valence electrons. The molecule has 6 nitrogen and oxygen atoms in total. The van der Waals surface area contributed by atoms with E-state index in [2.05, 4.69) is 26.2 Å². The Morgan fingerprint density at radius 2 is 2.21 bits per heavy atom. The highest BCUT2D eigenvalue weighted by molar-refractivity contribution is 9.10. The fraction of sp³-hybridized carbons (Fsp3) is 0.250. The minimum atomic E-state index is -1.06. The highest BCUT2D eigenvalue weighted by Crippen LogP contribution is 2.23. The van der Waals surface area contributed by atoms with E-state index in [4.69, 9.17) is 9.52 Å². The van der Waals surface area contributed by atoms with Gasteiger partial charge in [-0.25, -0.2) is 4.79 Å². The molecular formula is C12H11BrN2O4. The first-order valence-corrected chi connectivity index (χ1v) is 6.28. The molecule has 1 atom stereocenters. The predicted octanol–water partition coefficient (Wildman–Crippen LogP) is 2.14. The average molecular weight is 327 g/mol. The zero-order chi connectivity index (χ0) is 14.2. The number of nitrogens with zero attached hydrogens (tertiary/aromatic N) is 1. The topological polar surface area (TPSA) is 92.4 Å². The maximum absolute atomic E-state index is 11.9. The number of hydrogen-bond donors (Lipinski definition) is 2. The van der Waals surface area contributed by atoms with Gasteiger partial charge in [-0.3, -0.25) is 4.79 Å². The molecule has 0 saturated carbocycles. The summed E-state index contributed by atoms with van der Waals surface area (Å²) in [6, 6.07) is 2.44. The fourth-order valence-electron chi connectivity index (χ4n) is 1.60. The molecule has 0 bridgehead atoms. The van der Waals surface area contributed by atoms with Crippen molar-refractivity contribution in [2.75, 3.05) is 5.32 Å². The van der Waals surface area contributed by atoms with E-state index in [9.17, 15) is 9.59 Å². The van der Waals surface area contributed by atoms with Crippen LogP contribution in [0.3, 0.4) is 0 Å². The number of nitrogens with one attached hydrogen (secondary N) is 1. The van der Waals surface area contributed by atoms with Crippen LogP contribution < -0.4 is 10.9 Å². The molecule has 2 rings (SSSR count). The smallest absolute Gasteiger partial charge is 0.348 e. The Morgan fingerprint density at radius 1 is 1.53 bits per heavy atom. The van der Waals surface area contributed by atoms with Gasteiger partial charge in [0.05, 0.1) is 10.9 Å². The number of carboxylic acids is 1. The van der Waals surface area contributed by atoms with Crippen molar-refractivity contribution >= 4 is 38.8 Å². The number of rotatable bonds is 3. The standard InChI is InChI=1S/C12H11BrN2O4/c1-5-7(13)3-4-8-9(5)11(18)19-12(15-8)14-6(2)10(16)17/h3-4,6H,1-2H3,(H,14,15)(H,16,17)/t6-/m1/s1. The first-order valence-electron chi connectivity index (χ1n) is 5.49. The summed E-state index contributed by atoms with van der Waals surface area (Å²) >= 11 is 3.33. The molecule has 0 radical (unpaired) electrons. The summed E-state index contributed by atoms with van der Waals surface area (Å²) in [6.07, 6.45) is 0. The summed E-state index contributed by atoms with van der Waals surface area (Å²) in [4.78, 5) is 26.7. The summed E-state index contributed by atoms with van der Waals surface area (Å²) in [7, 11) is 0. The van der Waals surface area contributed by atoms with E-state index in [0.717, 1.165) is 10.0 Å². The first-order chi connectivity index (χ1) is 8.90. The summed E-state index contributed by atoms with van der Waals surface area (Å²) < 4.78 is 5.77. The summed E-state index contributed by atoms with van der Waals surface area (Å²) in [5, 5.41) is 11.7. The van der Waals surface area contributed by atoms with Crippen molar-refractivity contribution < 1.29 is 14.3 Å². The summed E-state index contributed by atoms with van der Waals surface area (Å²) in [5.74, 6) is -1.06. The average Bonchev–Trinajstić information content (AvgIpc) is 2.33. The molecule has 0 amide bonds. The number of aliphatic carboxylic acids is 1. The van der Waals surface area contributed by atoms with Gasteiger partial charge in [0.15, 0.2) is 0 Å². The number of benzene rings is 1. The molecule has 2 aromatic rings. The van der Waals surface area contributed by atoms with Crippen LogP contribution in [0.2, 0.25) is 0 Å². The molecule has 2 N–H and O–H groups in total. The maximum atomic E-state index is 11.9. The molecule has 0 spiro atoms. The van der Waals surface area contributed by atoms with Crippen molar-refractivity contribution in [3.05, 3.63) is 32.6 Å².